The minimum absolute atomic E-state index is 0.00505. The fourth-order valence-corrected chi connectivity index (χ4v) is 4.92. The first-order valence-corrected chi connectivity index (χ1v) is 14.0. The number of ether oxygens (including phenoxy) is 5. The number of carbonyl (C=O) groups excluding carboxylic acids is 6. The fraction of sp³-hybridized carbons (Fsp3) is 0.375. The molecule has 0 aliphatic heterocycles. The summed E-state index contributed by atoms with van der Waals surface area (Å²) in [6.07, 6.45) is 0.0935. The van der Waals surface area contributed by atoms with E-state index in [1.165, 1.54) is 28.4 Å². The summed E-state index contributed by atoms with van der Waals surface area (Å²) in [4.78, 5) is 80.5. The number of aromatic nitrogens is 2. The molecule has 0 bridgehead atoms. The Balaban J connectivity index is 2.13. The van der Waals surface area contributed by atoms with Gasteiger partial charge < -0.3 is 33.7 Å². The largest absolute Gasteiger partial charge is 0.469 e. The van der Waals surface area contributed by atoms with E-state index in [4.69, 9.17) is 23.7 Å². The van der Waals surface area contributed by atoms with Crippen molar-refractivity contribution in [1.29, 1.82) is 0 Å². The van der Waals surface area contributed by atoms with Gasteiger partial charge in [-0.2, -0.15) is 0 Å². The van der Waals surface area contributed by atoms with Crippen LogP contribution in [0.25, 0.3) is 0 Å². The maximum Gasteiger partial charge on any atom is 0.355 e. The summed E-state index contributed by atoms with van der Waals surface area (Å²) >= 11 is 0. The van der Waals surface area contributed by atoms with Crippen LogP contribution in [-0.2, 0) is 81.6 Å². The van der Waals surface area contributed by atoms with Gasteiger partial charge >= 0.3 is 29.8 Å². The van der Waals surface area contributed by atoms with E-state index in [1.807, 2.05) is 18.2 Å². The van der Waals surface area contributed by atoms with E-state index in [9.17, 15) is 28.8 Å². The van der Waals surface area contributed by atoms with E-state index in [0.29, 0.717) is 39.9 Å². The lowest BCUT2D eigenvalue weighted by atomic mass is 9.96. The molecule has 0 aliphatic carbocycles. The Morgan fingerprint density at radius 2 is 1.18 bits per heavy atom. The summed E-state index contributed by atoms with van der Waals surface area (Å²) in [5.74, 6) is -2.94. The lowest BCUT2D eigenvalue weighted by Gasteiger charge is -2.10. The zero-order chi connectivity index (χ0) is 32.9. The van der Waals surface area contributed by atoms with Gasteiger partial charge in [-0.15, -0.1) is 0 Å². The number of carbonyl (C=O) groups is 6. The SMILES string of the molecule is COC(=O)CCc1c(C=O)[nH]c(Cc2[nH]c(C(=O)OCc3ccccc3)c(CCC(=O)OC)c2CC(=O)OC)c1CC(=O)OC. The van der Waals surface area contributed by atoms with Crippen molar-refractivity contribution in [2.24, 2.45) is 0 Å². The van der Waals surface area contributed by atoms with Crippen LogP contribution in [0.4, 0.5) is 0 Å². The Labute approximate surface area is 259 Å². The number of esters is 5. The Morgan fingerprint density at radius 3 is 1.71 bits per heavy atom. The molecule has 3 aromatic rings. The van der Waals surface area contributed by atoms with E-state index >= 15 is 0 Å². The second-order valence-corrected chi connectivity index (χ2v) is 9.92. The van der Waals surface area contributed by atoms with Crippen molar-refractivity contribution in [3.05, 3.63) is 80.9 Å². The lowest BCUT2D eigenvalue weighted by Crippen LogP contribution is -2.12. The van der Waals surface area contributed by atoms with Crippen LogP contribution in [0.3, 0.4) is 0 Å². The van der Waals surface area contributed by atoms with Gasteiger partial charge in [-0.3, -0.25) is 24.0 Å². The molecular weight excluding hydrogens is 588 g/mol. The van der Waals surface area contributed by atoms with Crippen molar-refractivity contribution < 1.29 is 52.5 Å². The molecule has 3 rings (SSSR count). The molecule has 2 N–H and O–H groups in total. The molecule has 0 saturated carbocycles. The monoisotopic (exact) mass is 624 g/mol. The van der Waals surface area contributed by atoms with Crippen molar-refractivity contribution in [3.63, 3.8) is 0 Å². The van der Waals surface area contributed by atoms with Crippen molar-refractivity contribution in [1.82, 2.24) is 9.97 Å². The smallest absolute Gasteiger partial charge is 0.355 e. The number of benzene rings is 1. The van der Waals surface area contributed by atoms with Gasteiger partial charge in [0.2, 0.25) is 0 Å². The minimum atomic E-state index is -0.718. The van der Waals surface area contributed by atoms with E-state index in [1.54, 1.807) is 12.1 Å². The van der Waals surface area contributed by atoms with E-state index in [-0.39, 0.29) is 62.9 Å². The molecule has 0 fully saturated rings. The van der Waals surface area contributed by atoms with Gasteiger partial charge in [0.25, 0.3) is 0 Å². The van der Waals surface area contributed by atoms with Gasteiger partial charge in [0.1, 0.15) is 12.3 Å². The van der Waals surface area contributed by atoms with E-state index in [2.05, 4.69) is 9.97 Å². The molecular formula is C32H36N2O11. The Kier molecular flexibility index (Phi) is 12.6. The molecule has 0 amide bonds. The van der Waals surface area contributed by atoms with E-state index in [0.717, 1.165) is 5.56 Å². The summed E-state index contributed by atoms with van der Waals surface area (Å²) in [7, 11) is 4.94. The highest BCUT2D eigenvalue weighted by molar-refractivity contribution is 5.91. The zero-order valence-corrected chi connectivity index (χ0v) is 25.6. The summed E-state index contributed by atoms with van der Waals surface area (Å²) in [6, 6.07) is 9.04. The quantitative estimate of drug-likeness (QED) is 0.136. The van der Waals surface area contributed by atoms with E-state index < -0.39 is 29.8 Å². The molecule has 45 heavy (non-hydrogen) atoms. The number of aromatic amines is 2. The minimum Gasteiger partial charge on any atom is -0.469 e. The van der Waals surface area contributed by atoms with Crippen LogP contribution in [0.2, 0.25) is 0 Å². The molecule has 0 saturated heterocycles. The number of hydrogen-bond acceptors (Lipinski definition) is 11. The van der Waals surface area contributed by atoms with Crippen LogP contribution in [0, 0.1) is 0 Å². The Morgan fingerprint density at radius 1 is 0.667 bits per heavy atom. The third-order valence-corrected chi connectivity index (χ3v) is 7.24. The first-order chi connectivity index (χ1) is 21.6. The molecule has 0 radical (unpaired) electrons. The van der Waals surface area contributed by atoms with Crippen LogP contribution in [0.15, 0.2) is 30.3 Å². The van der Waals surface area contributed by atoms with Crippen LogP contribution >= 0.6 is 0 Å². The summed E-state index contributed by atoms with van der Waals surface area (Å²) in [5, 5.41) is 0. The molecule has 2 heterocycles. The molecule has 0 aliphatic rings. The molecule has 0 unspecified atom stereocenters. The lowest BCUT2D eigenvalue weighted by molar-refractivity contribution is -0.141. The second-order valence-electron chi connectivity index (χ2n) is 9.92. The summed E-state index contributed by atoms with van der Waals surface area (Å²) in [5.41, 5.74) is 3.36. The third-order valence-electron chi connectivity index (χ3n) is 7.24. The van der Waals surface area contributed by atoms with Crippen molar-refractivity contribution in [2.45, 2.75) is 51.6 Å². The fourth-order valence-electron chi connectivity index (χ4n) is 4.92. The topological polar surface area (TPSA) is 180 Å². The third kappa shape index (κ3) is 9.15. The molecule has 13 heteroatoms. The number of rotatable bonds is 16. The predicted octanol–water partition coefficient (Wildman–Crippen LogP) is 2.75. The summed E-state index contributed by atoms with van der Waals surface area (Å²) in [6.45, 7) is -0.0248. The first kappa shape index (κ1) is 34.3. The van der Waals surface area contributed by atoms with Crippen LogP contribution in [0.1, 0.15) is 73.0 Å². The van der Waals surface area contributed by atoms with Gasteiger partial charge in [0, 0.05) is 30.7 Å². The number of hydrogen-bond donors (Lipinski definition) is 2. The highest BCUT2D eigenvalue weighted by Crippen LogP contribution is 2.29. The Bertz CT molecular complexity index is 1540. The first-order valence-electron chi connectivity index (χ1n) is 14.0. The van der Waals surface area contributed by atoms with Gasteiger partial charge in [0.15, 0.2) is 6.29 Å². The molecule has 13 nitrogen and oxygen atoms in total. The van der Waals surface area contributed by atoms with Crippen molar-refractivity contribution >= 4 is 36.1 Å². The Hall–Kier alpha value is -5.20. The second kappa shape index (κ2) is 16.6. The molecule has 2 aromatic heterocycles. The van der Waals surface area contributed by atoms with Gasteiger partial charge in [-0.1, -0.05) is 30.3 Å². The highest BCUT2D eigenvalue weighted by Gasteiger charge is 2.28. The molecule has 0 spiro atoms. The van der Waals surface area contributed by atoms with Crippen LogP contribution in [0.5, 0.6) is 0 Å². The maximum absolute atomic E-state index is 13.4. The molecule has 240 valence electrons. The summed E-state index contributed by atoms with van der Waals surface area (Å²) < 4.78 is 24.9. The average molecular weight is 625 g/mol. The van der Waals surface area contributed by atoms with Gasteiger partial charge in [-0.25, -0.2) is 4.79 Å². The van der Waals surface area contributed by atoms with Gasteiger partial charge in [0.05, 0.1) is 47.0 Å². The van der Waals surface area contributed by atoms with Crippen LogP contribution in [-0.4, -0.2) is 74.5 Å². The normalized spacial score (nSPS) is 10.6. The van der Waals surface area contributed by atoms with Crippen molar-refractivity contribution in [3.8, 4) is 0 Å². The molecule has 0 atom stereocenters. The van der Waals surface area contributed by atoms with Crippen molar-refractivity contribution in [2.75, 3.05) is 28.4 Å². The standard InChI is InChI=1S/C32H36N2O11/c1-41-27(36)12-10-20-22(14-29(38)43-3)24(33-26(20)17-35)16-25-23(15-30(39)44-4)21(11-13-28(37)42-2)31(34-25)32(40)45-18-19-8-6-5-7-9-19/h5-9,17,33-34H,10-16,18H2,1-4H3. The number of aldehydes is 1. The van der Waals surface area contributed by atoms with Gasteiger partial charge in [-0.05, 0) is 40.7 Å². The number of H-pyrrole nitrogens is 2. The highest BCUT2D eigenvalue weighted by atomic mass is 16.5. The molecule has 1 aromatic carbocycles. The maximum atomic E-state index is 13.4. The number of methoxy groups -OCH3 is 4. The average Bonchev–Trinajstić information content (AvgIpc) is 3.57. The zero-order valence-electron chi connectivity index (χ0n) is 25.6. The number of nitrogens with one attached hydrogen (secondary N) is 2. The predicted molar refractivity (Wildman–Crippen MR) is 157 cm³/mol. The van der Waals surface area contributed by atoms with Crippen LogP contribution < -0.4 is 0 Å².